The van der Waals surface area contributed by atoms with Crippen LogP contribution in [0.25, 0.3) is 0 Å². The van der Waals surface area contributed by atoms with E-state index in [1.807, 2.05) is 6.92 Å². The molecule has 2 rings (SSSR count). The summed E-state index contributed by atoms with van der Waals surface area (Å²) < 4.78 is 0. The zero-order valence-electron chi connectivity index (χ0n) is 6.84. The predicted octanol–water partition coefficient (Wildman–Crippen LogP) is 1.39. The Morgan fingerprint density at radius 2 is 2.17 bits per heavy atom. The van der Waals surface area contributed by atoms with Gasteiger partial charge in [0.15, 0.2) is 0 Å². The number of aryl methyl sites for hydroxylation is 1. The monoisotopic (exact) mass is 183 g/mol. The molecule has 0 aliphatic heterocycles. The molecule has 0 unspecified atom stereocenters. The van der Waals surface area contributed by atoms with Crippen LogP contribution in [0.5, 0.6) is 0 Å². The van der Waals surface area contributed by atoms with Crippen molar-refractivity contribution in [1.29, 1.82) is 0 Å². The van der Waals surface area contributed by atoms with Crippen LogP contribution in [0.3, 0.4) is 0 Å². The highest BCUT2D eigenvalue weighted by Gasteiger charge is 2.43. The van der Waals surface area contributed by atoms with Gasteiger partial charge in [0.25, 0.3) is 0 Å². The van der Waals surface area contributed by atoms with Gasteiger partial charge in [-0.1, -0.05) is 11.6 Å². The molecule has 0 atom stereocenters. The maximum Gasteiger partial charge on any atom is 0.137 e. The van der Waals surface area contributed by atoms with Crippen molar-refractivity contribution < 1.29 is 0 Å². The van der Waals surface area contributed by atoms with E-state index in [-0.39, 0.29) is 5.54 Å². The third kappa shape index (κ3) is 1.09. The van der Waals surface area contributed by atoms with Crippen LogP contribution in [0.2, 0.25) is 5.15 Å². The molecule has 1 fully saturated rings. The van der Waals surface area contributed by atoms with Crippen molar-refractivity contribution in [2.24, 2.45) is 5.73 Å². The van der Waals surface area contributed by atoms with E-state index < -0.39 is 0 Å². The van der Waals surface area contributed by atoms with Crippen LogP contribution in [0.1, 0.15) is 24.1 Å². The summed E-state index contributed by atoms with van der Waals surface area (Å²) in [6.45, 7) is 1.91. The Bertz CT molecular complexity index is 300. The summed E-state index contributed by atoms with van der Waals surface area (Å²) in [6, 6.07) is 0. The van der Waals surface area contributed by atoms with E-state index in [4.69, 9.17) is 17.3 Å². The molecule has 4 heteroatoms. The summed E-state index contributed by atoms with van der Waals surface area (Å²) in [6.07, 6.45) is 3.44. The van der Waals surface area contributed by atoms with Crippen molar-refractivity contribution in [3.8, 4) is 0 Å². The molecule has 3 nitrogen and oxygen atoms in total. The van der Waals surface area contributed by atoms with Gasteiger partial charge in [0.1, 0.15) is 11.5 Å². The van der Waals surface area contributed by atoms with Crippen molar-refractivity contribution in [2.45, 2.75) is 25.3 Å². The lowest BCUT2D eigenvalue weighted by molar-refractivity contribution is 0.718. The van der Waals surface area contributed by atoms with E-state index in [0.717, 1.165) is 24.1 Å². The van der Waals surface area contributed by atoms with Crippen LogP contribution in [-0.2, 0) is 5.54 Å². The number of aromatic nitrogens is 2. The van der Waals surface area contributed by atoms with E-state index >= 15 is 0 Å². The average Bonchev–Trinajstić information content (AvgIpc) is 2.68. The number of rotatable bonds is 1. The zero-order valence-corrected chi connectivity index (χ0v) is 7.60. The summed E-state index contributed by atoms with van der Waals surface area (Å²) in [5.74, 6) is 0. The van der Waals surface area contributed by atoms with E-state index in [1.54, 1.807) is 0 Å². The molecule has 1 heterocycles. The first-order valence-electron chi connectivity index (χ1n) is 3.90. The normalized spacial score (nSPS) is 19.2. The van der Waals surface area contributed by atoms with Gasteiger partial charge in [-0.3, -0.25) is 0 Å². The Hall–Kier alpha value is -0.670. The van der Waals surface area contributed by atoms with Gasteiger partial charge in [0, 0.05) is 16.8 Å². The van der Waals surface area contributed by atoms with Crippen molar-refractivity contribution in [3.05, 3.63) is 22.7 Å². The summed E-state index contributed by atoms with van der Waals surface area (Å²) in [5.41, 5.74) is 7.59. The highest BCUT2D eigenvalue weighted by Crippen LogP contribution is 2.45. The van der Waals surface area contributed by atoms with Gasteiger partial charge < -0.3 is 5.73 Å². The maximum atomic E-state index is 6.01. The Morgan fingerprint density at radius 3 is 2.67 bits per heavy atom. The quantitative estimate of drug-likeness (QED) is 0.670. The Labute approximate surface area is 76.0 Å². The van der Waals surface area contributed by atoms with Crippen LogP contribution in [-0.4, -0.2) is 9.97 Å². The fraction of sp³-hybridized carbons (Fsp3) is 0.500. The second-order valence-electron chi connectivity index (χ2n) is 3.28. The van der Waals surface area contributed by atoms with E-state index in [9.17, 15) is 0 Å². The van der Waals surface area contributed by atoms with Crippen LogP contribution >= 0.6 is 11.6 Å². The van der Waals surface area contributed by atoms with Gasteiger partial charge in [-0.05, 0) is 19.8 Å². The fourth-order valence-electron chi connectivity index (χ4n) is 1.39. The fourth-order valence-corrected chi connectivity index (χ4v) is 1.76. The van der Waals surface area contributed by atoms with Crippen LogP contribution in [0, 0.1) is 6.92 Å². The molecule has 2 N–H and O–H groups in total. The maximum absolute atomic E-state index is 6.01. The van der Waals surface area contributed by atoms with Gasteiger partial charge in [-0.2, -0.15) is 0 Å². The van der Waals surface area contributed by atoms with Crippen molar-refractivity contribution in [2.75, 3.05) is 0 Å². The third-order valence-electron chi connectivity index (χ3n) is 2.28. The van der Waals surface area contributed by atoms with Gasteiger partial charge in [-0.15, -0.1) is 0 Å². The Balaban J connectivity index is 2.55. The van der Waals surface area contributed by atoms with Crippen molar-refractivity contribution in [3.63, 3.8) is 0 Å². The third-order valence-corrected chi connectivity index (χ3v) is 2.56. The smallest absolute Gasteiger partial charge is 0.137 e. The Morgan fingerprint density at radius 1 is 1.50 bits per heavy atom. The number of hydrogen-bond acceptors (Lipinski definition) is 3. The lowest BCUT2D eigenvalue weighted by Crippen LogP contribution is -2.21. The first-order valence-corrected chi connectivity index (χ1v) is 4.28. The first-order chi connectivity index (χ1) is 5.63. The summed E-state index contributed by atoms with van der Waals surface area (Å²) in [5, 5.41) is 0.502. The van der Waals surface area contributed by atoms with Crippen LogP contribution in [0.15, 0.2) is 6.33 Å². The van der Waals surface area contributed by atoms with Gasteiger partial charge in [-0.25, -0.2) is 9.97 Å². The standard InChI is InChI=1S/C8H10ClN3/c1-5-6(8(10)2-3-8)7(9)12-4-11-5/h4H,2-3,10H2,1H3. The molecule has 0 radical (unpaired) electrons. The molecule has 12 heavy (non-hydrogen) atoms. The molecule has 0 amide bonds. The van der Waals surface area contributed by atoms with Gasteiger partial charge >= 0.3 is 0 Å². The van der Waals surface area contributed by atoms with Crippen molar-refractivity contribution in [1.82, 2.24) is 9.97 Å². The molecule has 1 saturated carbocycles. The van der Waals surface area contributed by atoms with Crippen LogP contribution in [0.4, 0.5) is 0 Å². The molecule has 64 valence electrons. The highest BCUT2D eigenvalue weighted by molar-refractivity contribution is 6.30. The Kier molecular flexibility index (Phi) is 1.59. The minimum Gasteiger partial charge on any atom is -0.321 e. The number of nitrogens with zero attached hydrogens (tertiary/aromatic N) is 2. The largest absolute Gasteiger partial charge is 0.321 e. The molecule has 0 bridgehead atoms. The van der Waals surface area contributed by atoms with Crippen LogP contribution < -0.4 is 5.73 Å². The second-order valence-corrected chi connectivity index (χ2v) is 3.64. The summed E-state index contributed by atoms with van der Waals surface area (Å²) in [7, 11) is 0. The zero-order chi connectivity index (χ0) is 8.77. The average molecular weight is 184 g/mol. The molecule has 1 aliphatic carbocycles. The predicted molar refractivity (Wildman–Crippen MR) is 46.9 cm³/mol. The van der Waals surface area contributed by atoms with Gasteiger partial charge in [0.05, 0.1) is 0 Å². The number of halogens is 1. The summed E-state index contributed by atoms with van der Waals surface area (Å²) in [4.78, 5) is 7.99. The van der Waals surface area contributed by atoms with E-state index in [1.165, 1.54) is 6.33 Å². The number of hydrogen-bond donors (Lipinski definition) is 1. The molecular formula is C8H10ClN3. The number of nitrogens with two attached hydrogens (primary N) is 1. The minimum absolute atomic E-state index is 0.234. The highest BCUT2D eigenvalue weighted by atomic mass is 35.5. The van der Waals surface area contributed by atoms with E-state index in [2.05, 4.69) is 9.97 Å². The molecule has 1 aliphatic rings. The molecular weight excluding hydrogens is 174 g/mol. The molecule has 0 saturated heterocycles. The molecule has 0 aromatic carbocycles. The second kappa shape index (κ2) is 2.41. The van der Waals surface area contributed by atoms with Crippen molar-refractivity contribution >= 4 is 11.6 Å². The molecule has 1 aromatic rings. The first kappa shape index (κ1) is 7.95. The topological polar surface area (TPSA) is 51.8 Å². The minimum atomic E-state index is -0.234. The van der Waals surface area contributed by atoms with Gasteiger partial charge in [0.2, 0.25) is 0 Å². The van der Waals surface area contributed by atoms with E-state index in [0.29, 0.717) is 5.15 Å². The summed E-state index contributed by atoms with van der Waals surface area (Å²) >= 11 is 5.92. The SMILES string of the molecule is Cc1ncnc(Cl)c1C1(N)CC1. The lowest BCUT2D eigenvalue weighted by Gasteiger charge is -2.12. The lowest BCUT2D eigenvalue weighted by atomic mass is 10.1. The molecule has 1 aromatic heterocycles. The molecule has 0 spiro atoms.